The van der Waals surface area contributed by atoms with Gasteiger partial charge in [0.15, 0.2) is 0 Å². The number of carbonyl (C=O) groups is 1. The van der Waals surface area contributed by atoms with Crippen LogP contribution in [0.25, 0.3) is 11.3 Å². The van der Waals surface area contributed by atoms with Gasteiger partial charge in [-0.1, -0.05) is 23.7 Å². The summed E-state index contributed by atoms with van der Waals surface area (Å²) in [4.78, 5) is 19.8. The fourth-order valence-electron chi connectivity index (χ4n) is 1.99. The van der Waals surface area contributed by atoms with Gasteiger partial charge in [0.05, 0.1) is 18.1 Å². The van der Waals surface area contributed by atoms with Crippen LogP contribution in [0.2, 0.25) is 5.02 Å². The maximum absolute atomic E-state index is 12.0. The molecule has 2 heterocycles. The Balaban J connectivity index is 1.73. The van der Waals surface area contributed by atoms with E-state index in [1.807, 2.05) is 12.1 Å². The second-order valence-electron chi connectivity index (χ2n) is 4.55. The van der Waals surface area contributed by atoms with Gasteiger partial charge in [0, 0.05) is 29.5 Å². The summed E-state index contributed by atoms with van der Waals surface area (Å²) in [6.07, 6.45) is 6.10. The smallest absolute Gasteiger partial charge is 0.271 e. The summed E-state index contributed by atoms with van der Waals surface area (Å²) in [7, 11) is 0. The average molecular weight is 314 g/mol. The third-order valence-electron chi connectivity index (χ3n) is 3.09. The van der Waals surface area contributed by atoms with Crippen molar-refractivity contribution in [2.24, 2.45) is 0 Å². The van der Waals surface area contributed by atoms with Gasteiger partial charge in [-0.3, -0.25) is 14.9 Å². The molecule has 2 N–H and O–H groups in total. The highest BCUT2D eigenvalue weighted by molar-refractivity contribution is 6.30. The minimum absolute atomic E-state index is 0.277. The van der Waals surface area contributed by atoms with E-state index in [1.54, 1.807) is 18.3 Å². The maximum Gasteiger partial charge on any atom is 0.271 e. The number of hydrogen-bond acceptors (Lipinski definition) is 4. The molecule has 0 radical (unpaired) electrons. The van der Waals surface area contributed by atoms with Crippen molar-refractivity contribution in [1.29, 1.82) is 0 Å². The predicted octanol–water partition coefficient (Wildman–Crippen LogP) is 2.45. The second kappa shape index (κ2) is 6.36. The van der Waals surface area contributed by atoms with Crippen molar-refractivity contribution in [1.82, 2.24) is 25.5 Å². The molecule has 3 rings (SSSR count). The number of aromatic nitrogens is 4. The van der Waals surface area contributed by atoms with Crippen LogP contribution in [-0.2, 0) is 6.54 Å². The zero-order valence-corrected chi connectivity index (χ0v) is 12.2. The van der Waals surface area contributed by atoms with E-state index < -0.39 is 0 Å². The van der Waals surface area contributed by atoms with Crippen molar-refractivity contribution < 1.29 is 4.79 Å². The molecule has 1 amide bonds. The first-order chi connectivity index (χ1) is 10.7. The highest BCUT2D eigenvalue weighted by Gasteiger charge is 2.11. The number of aromatic amines is 1. The van der Waals surface area contributed by atoms with Crippen LogP contribution in [0, 0.1) is 0 Å². The molecule has 0 saturated carbocycles. The van der Waals surface area contributed by atoms with Crippen molar-refractivity contribution >= 4 is 17.5 Å². The van der Waals surface area contributed by atoms with Crippen molar-refractivity contribution in [3.05, 3.63) is 65.3 Å². The van der Waals surface area contributed by atoms with Gasteiger partial charge in [-0.15, -0.1) is 0 Å². The fourth-order valence-corrected chi connectivity index (χ4v) is 2.12. The Morgan fingerprint density at radius 3 is 2.73 bits per heavy atom. The molecule has 0 atom stereocenters. The minimum Gasteiger partial charge on any atom is -0.346 e. The lowest BCUT2D eigenvalue weighted by atomic mass is 10.1. The van der Waals surface area contributed by atoms with Gasteiger partial charge < -0.3 is 5.32 Å². The monoisotopic (exact) mass is 313 g/mol. The molecule has 22 heavy (non-hydrogen) atoms. The van der Waals surface area contributed by atoms with Crippen LogP contribution in [0.3, 0.4) is 0 Å². The average Bonchev–Trinajstić information content (AvgIpc) is 3.02. The van der Waals surface area contributed by atoms with E-state index in [1.165, 1.54) is 18.6 Å². The lowest BCUT2D eigenvalue weighted by molar-refractivity contribution is 0.0945. The Morgan fingerprint density at radius 2 is 2.00 bits per heavy atom. The molecule has 0 unspecified atom stereocenters. The van der Waals surface area contributed by atoms with Crippen LogP contribution in [0.5, 0.6) is 0 Å². The minimum atomic E-state index is -0.281. The van der Waals surface area contributed by atoms with Crippen LogP contribution < -0.4 is 5.32 Å². The summed E-state index contributed by atoms with van der Waals surface area (Å²) < 4.78 is 0. The van der Waals surface area contributed by atoms with E-state index in [9.17, 15) is 4.79 Å². The molecule has 0 aliphatic rings. The van der Waals surface area contributed by atoms with Crippen LogP contribution in [0.1, 0.15) is 16.1 Å². The molecule has 7 heteroatoms. The van der Waals surface area contributed by atoms with Crippen LogP contribution in [0.4, 0.5) is 0 Å². The van der Waals surface area contributed by atoms with Crippen molar-refractivity contribution in [2.45, 2.75) is 6.54 Å². The van der Waals surface area contributed by atoms with E-state index in [0.29, 0.717) is 11.6 Å². The molecule has 110 valence electrons. The second-order valence-corrected chi connectivity index (χ2v) is 4.99. The van der Waals surface area contributed by atoms with Gasteiger partial charge in [-0.2, -0.15) is 5.10 Å². The van der Waals surface area contributed by atoms with Crippen molar-refractivity contribution in [3.8, 4) is 11.3 Å². The number of nitrogens with one attached hydrogen (secondary N) is 2. The Kier molecular flexibility index (Phi) is 4.11. The van der Waals surface area contributed by atoms with Crippen molar-refractivity contribution in [2.75, 3.05) is 0 Å². The van der Waals surface area contributed by atoms with Gasteiger partial charge in [0.1, 0.15) is 5.69 Å². The molecule has 0 saturated heterocycles. The topological polar surface area (TPSA) is 83.6 Å². The number of halogens is 1. The Hall–Kier alpha value is -2.73. The molecule has 6 nitrogen and oxygen atoms in total. The Morgan fingerprint density at radius 1 is 1.18 bits per heavy atom. The number of amides is 1. The quantitative estimate of drug-likeness (QED) is 0.775. The van der Waals surface area contributed by atoms with Crippen LogP contribution in [-0.4, -0.2) is 26.1 Å². The molecule has 1 aromatic carbocycles. The molecule has 0 fully saturated rings. The molecule has 0 aliphatic carbocycles. The lowest BCUT2D eigenvalue weighted by Gasteiger charge is -2.05. The summed E-state index contributed by atoms with van der Waals surface area (Å²) in [5, 5.41) is 10.4. The van der Waals surface area contributed by atoms with E-state index in [2.05, 4.69) is 25.5 Å². The van der Waals surface area contributed by atoms with E-state index in [-0.39, 0.29) is 11.6 Å². The molecule has 0 spiro atoms. The van der Waals surface area contributed by atoms with Crippen LogP contribution >= 0.6 is 11.6 Å². The van der Waals surface area contributed by atoms with Gasteiger partial charge >= 0.3 is 0 Å². The van der Waals surface area contributed by atoms with Crippen LogP contribution in [0.15, 0.2) is 49.1 Å². The molecular formula is C15H12ClN5O. The van der Waals surface area contributed by atoms with Crippen molar-refractivity contribution in [3.63, 3.8) is 0 Å². The van der Waals surface area contributed by atoms with Gasteiger partial charge in [0.25, 0.3) is 5.91 Å². The summed E-state index contributed by atoms with van der Waals surface area (Å²) in [5.41, 5.74) is 2.94. The largest absolute Gasteiger partial charge is 0.346 e. The summed E-state index contributed by atoms with van der Waals surface area (Å²) in [5.74, 6) is -0.281. The molecule has 2 aromatic heterocycles. The molecular weight excluding hydrogens is 302 g/mol. The number of carbonyl (C=O) groups excluding carboxylic acids is 1. The SMILES string of the molecule is O=C(NCc1cn[nH]c1-c1ccc(Cl)cc1)c1cnccn1. The molecule has 0 bridgehead atoms. The molecule has 0 aliphatic heterocycles. The van der Waals surface area contributed by atoms with Gasteiger partial charge in [-0.25, -0.2) is 4.98 Å². The first-order valence-corrected chi connectivity index (χ1v) is 6.94. The summed E-state index contributed by atoms with van der Waals surface area (Å²) >= 11 is 5.89. The highest BCUT2D eigenvalue weighted by Crippen LogP contribution is 2.22. The third-order valence-corrected chi connectivity index (χ3v) is 3.34. The van der Waals surface area contributed by atoms with Gasteiger partial charge in [-0.05, 0) is 17.7 Å². The predicted molar refractivity (Wildman–Crippen MR) is 82.2 cm³/mol. The summed E-state index contributed by atoms with van der Waals surface area (Å²) in [6.45, 7) is 0.337. The third kappa shape index (κ3) is 3.12. The van der Waals surface area contributed by atoms with E-state index in [4.69, 9.17) is 11.6 Å². The Labute approximate surface area is 131 Å². The summed E-state index contributed by atoms with van der Waals surface area (Å²) in [6, 6.07) is 7.40. The zero-order valence-electron chi connectivity index (χ0n) is 11.5. The number of rotatable bonds is 4. The lowest BCUT2D eigenvalue weighted by Crippen LogP contribution is -2.23. The highest BCUT2D eigenvalue weighted by atomic mass is 35.5. The van der Waals surface area contributed by atoms with E-state index in [0.717, 1.165) is 16.8 Å². The Bertz CT molecular complexity index is 770. The van der Waals surface area contributed by atoms with Gasteiger partial charge in [0.2, 0.25) is 0 Å². The van der Waals surface area contributed by atoms with E-state index >= 15 is 0 Å². The molecule has 3 aromatic rings. The standard InChI is InChI=1S/C15H12ClN5O/c16-12-3-1-10(2-4-12)14-11(8-20-21-14)7-19-15(22)13-9-17-5-6-18-13/h1-6,8-9H,7H2,(H,19,22)(H,20,21). The number of H-pyrrole nitrogens is 1. The first-order valence-electron chi connectivity index (χ1n) is 6.56. The first kappa shape index (κ1) is 14.2. The maximum atomic E-state index is 12.0. The number of benzene rings is 1. The normalized spacial score (nSPS) is 10.4. The number of nitrogens with zero attached hydrogens (tertiary/aromatic N) is 3. The zero-order chi connectivity index (χ0) is 15.4. The number of hydrogen-bond donors (Lipinski definition) is 2. The fraction of sp³-hybridized carbons (Fsp3) is 0.0667.